The van der Waals surface area contributed by atoms with Crippen molar-refractivity contribution in [3.05, 3.63) is 65.2 Å². The minimum absolute atomic E-state index is 0.0383. The summed E-state index contributed by atoms with van der Waals surface area (Å²) in [5, 5.41) is 2.77. The Balaban J connectivity index is 1.66. The molecule has 1 saturated heterocycles. The molecule has 2 aliphatic heterocycles. The first-order chi connectivity index (χ1) is 13.6. The van der Waals surface area contributed by atoms with Crippen molar-refractivity contribution < 1.29 is 14.4 Å². The molecule has 2 aliphatic rings. The third kappa shape index (κ3) is 3.15. The van der Waals surface area contributed by atoms with E-state index in [0.717, 1.165) is 12.0 Å². The van der Waals surface area contributed by atoms with Crippen LogP contribution < -0.4 is 10.2 Å². The summed E-state index contributed by atoms with van der Waals surface area (Å²) in [5.74, 6) is -0.221. The molecule has 1 atom stereocenters. The molecule has 3 amide bonds. The summed E-state index contributed by atoms with van der Waals surface area (Å²) in [7, 11) is 0. The maximum absolute atomic E-state index is 13.3. The van der Waals surface area contributed by atoms with Gasteiger partial charge in [0.1, 0.15) is 6.04 Å². The maximum Gasteiger partial charge on any atom is 0.256 e. The van der Waals surface area contributed by atoms with Gasteiger partial charge in [-0.1, -0.05) is 24.3 Å². The Morgan fingerprint density at radius 2 is 1.86 bits per heavy atom. The second-order valence-electron chi connectivity index (χ2n) is 7.15. The summed E-state index contributed by atoms with van der Waals surface area (Å²) in [6.07, 6.45) is 1.55. The van der Waals surface area contributed by atoms with Gasteiger partial charge in [-0.15, -0.1) is 0 Å². The first kappa shape index (κ1) is 18.2. The van der Waals surface area contributed by atoms with Gasteiger partial charge in [0.2, 0.25) is 5.91 Å². The molecule has 144 valence electrons. The summed E-state index contributed by atoms with van der Waals surface area (Å²) in [5.41, 5.74) is 2.72. The number of benzene rings is 2. The van der Waals surface area contributed by atoms with E-state index in [-0.39, 0.29) is 17.7 Å². The minimum atomic E-state index is -0.394. The lowest BCUT2D eigenvalue weighted by molar-refractivity contribution is -0.122. The number of hydrogen-bond acceptors (Lipinski definition) is 3. The van der Waals surface area contributed by atoms with Gasteiger partial charge in [-0.25, -0.2) is 0 Å². The number of amides is 3. The van der Waals surface area contributed by atoms with Crippen LogP contribution in [0.3, 0.4) is 0 Å². The maximum atomic E-state index is 13.3. The molecule has 0 aliphatic carbocycles. The molecule has 0 aromatic heterocycles. The molecule has 0 radical (unpaired) electrons. The lowest BCUT2D eigenvalue weighted by Crippen LogP contribution is -2.44. The van der Waals surface area contributed by atoms with Crippen LogP contribution in [0.5, 0.6) is 0 Å². The van der Waals surface area contributed by atoms with E-state index in [9.17, 15) is 14.4 Å². The zero-order valence-corrected chi connectivity index (χ0v) is 15.9. The lowest BCUT2D eigenvalue weighted by Gasteiger charge is -2.26. The molecule has 0 saturated carbocycles. The first-order valence-corrected chi connectivity index (χ1v) is 9.68. The molecule has 1 fully saturated rings. The quantitative estimate of drug-likeness (QED) is 0.890. The second-order valence-corrected chi connectivity index (χ2v) is 7.15. The van der Waals surface area contributed by atoms with Crippen LogP contribution in [-0.4, -0.2) is 41.8 Å². The number of carbonyl (C=O) groups excluding carboxylic acids is 3. The van der Waals surface area contributed by atoms with Crippen LogP contribution in [0.1, 0.15) is 46.0 Å². The highest BCUT2D eigenvalue weighted by molar-refractivity contribution is 6.11. The second kappa shape index (κ2) is 7.46. The highest BCUT2D eigenvalue weighted by atomic mass is 16.2. The molecule has 6 heteroatoms. The van der Waals surface area contributed by atoms with E-state index in [1.165, 1.54) is 0 Å². The molecule has 4 rings (SSSR count). The van der Waals surface area contributed by atoms with Gasteiger partial charge in [-0.3, -0.25) is 14.4 Å². The van der Waals surface area contributed by atoms with E-state index in [1.54, 1.807) is 28.0 Å². The van der Waals surface area contributed by atoms with Crippen LogP contribution in [0.15, 0.2) is 48.5 Å². The van der Waals surface area contributed by atoms with Gasteiger partial charge in [-0.05, 0) is 49.6 Å². The predicted molar refractivity (Wildman–Crippen MR) is 106 cm³/mol. The summed E-state index contributed by atoms with van der Waals surface area (Å²) >= 11 is 0. The molecular formula is C22H23N3O3. The van der Waals surface area contributed by atoms with E-state index in [0.29, 0.717) is 42.9 Å². The van der Waals surface area contributed by atoms with Crippen molar-refractivity contribution in [1.29, 1.82) is 0 Å². The lowest BCUT2D eigenvalue weighted by atomic mass is 10.1. The zero-order valence-electron chi connectivity index (χ0n) is 15.9. The molecule has 2 heterocycles. The van der Waals surface area contributed by atoms with Crippen LogP contribution in [0, 0.1) is 0 Å². The first-order valence-electron chi connectivity index (χ1n) is 9.68. The number of fused-ring (bicyclic) bond motifs is 2. The zero-order chi connectivity index (χ0) is 19.7. The normalized spacial score (nSPS) is 18.5. The van der Waals surface area contributed by atoms with Crippen LogP contribution in [0.25, 0.3) is 0 Å². The van der Waals surface area contributed by atoms with Crippen LogP contribution in [-0.2, 0) is 11.3 Å². The fraction of sp³-hybridized carbons (Fsp3) is 0.318. The molecule has 28 heavy (non-hydrogen) atoms. The number of nitrogens with one attached hydrogen (secondary N) is 1. The summed E-state index contributed by atoms with van der Waals surface area (Å²) in [4.78, 5) is 41.6. The standard InChI is InChI=1S/C22H23N3O3/c1-2-23-20(26)16-11-9-15(10-12-16)14-25-18-7-4-3-6-17(18)21(27)24-13-5-8-19(24)22(25)28/h3-4,6-7,9-12,19H,2,5,8,13-14H2,1H3,(H,23,26)/t19-/m0/s1. The topological polar surface area (TPSA) is 69.7 Å². The Morgan fingerprint density at radius 3 is 2.61 bits per heavy atom. The van der Waals surface area contributed by atoms with E-state index in [1.807, 2.05) is 37.3 Å². The molecule has 6 nitrogen and oxygen atoms in total. The number of hydrogen-bond donors (Lipinski definition) is 1. The molecule has 2 aromatic rings. The Kier molecular flexibility index (Phi) is 4.86. The van der Waals surface area contributed by atoms with Gasteiger partial charge in [0.15, 0.2) is 0 Å². The fourth-order valence-corrected chi connectivity index (χ4v) is 3.98. The van der Waals surface area contributed by atoms with Crippen molar-refractivity contribution in [2.45, 2.75) is 32.4 Å². The molecule has 0 bridgehead atoms. The van der Waals surface area contributed by atoms with Crippen molar-refractivity contribution in [2.24, 2.45) is 0 Å². The van der Waals surface area contributed by atoms with Crippen LogP contribution >= 0.6 is 0 Å². The molecule has 1 N–H and O–H groups in total. The van der Waals surface area contributed by atoms with Crippen molar-refractivity contribution in [1.82, 2.24) is 10.2 Å². The average molecular weight is 377 g/mol. The van der Waals surface area contributed by atoms with Gasteiger partial charge in [0.05, 0.1) is 17.8 Å². The third-order valence-electron chi connectivity index (χ3n) is 5.38. The smallest absolute Gasteiger partial charge is 0.256 e. The van der Waals surface area contributed by atoms with E-state index in [2.05, 4.69) is 5.32 Å². The van der Waals surface area contributed by atoms with Crippen molar-refractivity contribution >= 4 is 23.4 Å². The third-order valence-corrected chi connectivity index (χ3v) is 5.38. The highest BCUT2D eigenvalue weighted by Crippen LogP contribution is 2.33. The van der Waals surface area contributed by atoms with E-state index in [4.69, 9.17) is 0 Å². The predicted octanol–water partition coefficient (Wildman–Crippen LogP) is 2.59. The van der Waals surface area contributed by atoms with Crippen molar-refractivity contribution in [2.75, 3.05) is 18.0 Å². The molecular weight excluding hydrogens is 354 g/mol. The summed E-state index contributed by atoms with van der Waals surface area (Å²) in [6, 6.07) is 14.2. The van der Waals surface area contributed by atoms with Crippen LogP contribution in [0.2, 0.25) is 0 Å². The number of para-hydroxylation sites is 1. The van der Waals surface area contributed by atoms with E-state index >= 15 is 0 Å². The monoisotopic (exact) mass is 377 g/mol. The van der Waals surface area contributed by atoms with Gasteiger partial charge in [-0.2, -0.15) is 0 Å². The Labute approximate surface area is 164 Å². The molecule has 2 aromatic carbocycles. The Morgan fingerprint density at radius 1 is 1.11 bits per heavy atom. The number of rotatable bonds is 4. The van der Waals surface area contributed by atoms with Crippen molar-refractivity contribution in [3.8, 4) is 0 Å². The average Bonchev–Trinajstić information content (AvgIpc) is 3.19. The Hall–Kier alpha value is -3.15. The highest BCUT2D eigenvalue weighted by Gasteiger charge is 2.41. The largest absolute Gasteiger partial charge is 0.352 e. The summed E-state index contributed by atoms with van der Waals surface area (Å²) in [6.45, 7) is 3.44. The minimum Gasteiger partial charge on any atom is -0.352 e. The van der Waals surface area contributed by atoms with Gasteiger partial charge < -0.3 is 15.1 Å². The summed E-state index contributed by atoms with van der Waals surface area (Å²) < 4.78 is 0. The van der Waals surface area contributed by atoms with Gasteiger partial charge in [0, 0.05) is 18.7 Å². The Bertz CT molecular complexity index is 923. The SMILES string of the molecule is CCNC(=O)c1ccc(CN2C(=O)[C@@H]3CCCN3C(=O)c3ccccc32)cc1. The van der Waals surface area contributed by atoms with Crippen molar-refractivity contribution in [3.63, 3.8) is 0 Å². The fourth-order valence-electron chi connectivity index (χ4n) is 3.98. The van der Waals surface area contributed by atoms with Crippen LogP contribution in [0.4, 0.5) is 5.69 Å². The van der Waals surface area contributed by atoms with Gasteiger partial charge in [0.25, 0.3) is 11.8 Å². The number of carbonyl (C=O) groups is 3. The van der Waals surface area contributed by atoms with Gasteiger partial charge >= 0.3 is 0 Å². The molecule has 0 unspecified atom stereocenters. The van der Waals surface area contributed by atoms with E-state index < -0.39 is 6.04 Å². The number of anilines is 1. The molecule has 0 spiro atoms. The number of nitrogens with zero attached hydrogens (tertiary/aromatic N) is 2.